The Bertz CT molecular complexity index is 945. The van der Waals surface area contributed by atoms with Gasteiger partial charge in [-0.15, -0.1) is 0 Å². The molecular weight excluding hydrogens is 348 g/mol. The van der Waals surface area contributed by atoms with Crippen molar-refractivity contribution in [2.75, 3.05) is 11.6 Å². The van der Waals surface area contributed by atoms with Crippen molar-refractivity contribution in [3.63, 3.8) is 0 Å². The van der Waals surface area contributed by atoms with E-state index in [1.165, 1.54) is 6.20 Å². The summed E-state index contributed by atoms with van der Waals surface area (Å²) in [7, 11) is 0. The third-order valence-electron chi connectivity index (χ3n) is 3.57. The van der Waals surface area contributed by atoms with Gasteiger partial charge in [-0.3, -0.25) is 4.79 Å². The van der Waals surface area contributed by atoms with E-state index in [2.05, 4.69) is 20.3 Å². The minimum Gasteiger partial charge on any atom is -0.610 e. The van der Waals surface area contributed by atoms with Gasteiger partial charge in [0, 0.05) is 44.9 Å². The van der Waals surface area contributed by atoms with Gasteiger partial charge < -0.3 is 14.9 Å². The first-order chi connectivity index (χ1) is 11.4. The van der Waals surface area contributed by atoms with Crippen molar-refractivity contribution >= 4 is 39.6 Å². The summed E-state index contributed by atoms with van der Waals surface area (Å²) in [6.07, 6.45) is 3.08. The van der Waals surface area contributed by atoms with Gasteiger partial charge in [0.15, 0.2) is 0 Å². The summed E-state index contributed by atoms with van der Waals surface area (Å²) in [5.74, 6) is 0.320. The molecule has 0 spiro atoms. The number of nitrogens with one attached hydrogen (secondary N) is 2. The van der Waals surface area contributed by atoms with E-state index in [1.807, 2.05) is 6.92 Å². The molecule has 2 heterocycles. The second kappa shape index (κ2) is 6.80. The molecule has 3 aromatic rings. The van der Waals surface area contributed by atoms with Crippen molar-refractivity contribution in [3.8, 4) is 0 Å². The molecular formula is C16H15ClN4O2S. The van der Waals surface area contributed by atoms with Crippen molar-refractivity contribution in [2.45, 2.75) is 18.0 Å². The van der Waals surface area contributed by atoms with Gasteiger partial charge in [0.2, 0.25) is 11.0 Å². The molecule has 0 saturated heterocycles. The molecule has 1 aromatic carbocycles. The highest BCUT2D eigenvalue weighted by molar-refractivity contribution is 7.90. The first kappa shape index (κ1) is 16.8. The topological polar surface area (TPSA) is 93.7 Å². The molecule has 0 bridgehead atoms. The maximum absolute atomic E-state index is 12.3. The number of hydrogen-bond acceptors (Lipinski definition) is 5. The smallest absolute Gasteiger partial charge is 0.253 e. The van der Waals surface area contributed by atoms with Crippen LogP contribution in [0.1, 0.15) is 18.5 Å². The van der Waals surface area contributed by atoms with Gasteiger partial charge in [-0.1, -0.05) is 11.6 Å². The normalized spacial score (nSPS) is 13.7. The number of rotatable bonds is 4. The van der Waals surface area contributed by atoms with E-state index in [0.29, 0.717) is 21.6 Å². The average Bonchev–Trinajstić information content (AvgIpc) is 2.54. The number of H-pyrrole nitrogens is 1. The highest BCUT2D eigenvalue weighted by Crippen LogP contribution is 2.21. The van der Waals surface area contributed by atoms with E-state index >= 15 is 0 Å². The number of anilines is 1. The predicted octanol–water partition coefficient (Wildman–Crippen LogP) is 2.88. The van der Waals surface area contributed by atoms with Crippen LogP contribution in [0.2, 0.25) is 5.02 Å². The lowest BCUT2D eigenvalue weighted by molar-refractivity contribution is 0.597. The second-order valence-electron chi connectivity index (χ2n) is 5.32. The first-order valence-corrected chi connectivity index (χ1v) is 9.13. The molecule has 0 amide bonds. The summed E-state index contributed by atoms with van der Waals surface area (Å²) in [5.41, 5.74) is 1.07. The summed E-state index contributed by atoms with van der Waals surface area (Å²) in [6, 6.07) is 8.34. The van der Waals surface area contributed by atoms with Gasteiger partial charge in [-0.25, -0.2) is 4.98 Å². The standard InChI is InChI=1S/C16H15ClN4O2S/c1-9(19-16-18-6-5-14(21-16)24(2)23)12-8-10-7-11(17)3-4-13(10)20-15(12)22/h3-9H,1-2H3,(H,20,22)(H,18,19,21). The van der Waals surface area contributed by atoms with E-state index < -0.39 is 11.2 Å². The third kappa shape index (κ3) is 3.53. The van der Waals surface area contributed by atoms with Crippen molar-refractivity contribution in [1.29, 1.82) is 0 Å². The predicted molar refractivity (Wildman–Crippen MR) is 96.0 cm³/mol. The molecule has 2 unspecified atom stereocenters. The quantitative estimate of drug-likeness (QED) is 0.549. The summed E-state index contributed by atoms with van der Waals surface area (Å²) in [4.78, 5) is 23.4. The molecule has 2 aromatic heterocycles. The van der Waals surface area contributed by atoms with Crippen LogP contribution in [0.25, 0.3) is 10.9 Å². The summed E-state index contributed by atoms with van der Waals surface area (Å²) in [5, 5.41) is 4.94. The molecule has 0 aliphatic rings. The summed E-state index contributed by atoms with van der Waals surface area (Å²) < 4.78 is 11.5. The van der Waals surface area contributed by atoms with Crippen LogP contribution in [0.5, 0.6) is 0 Å². The number of fused-ring (bicyclic) bond motifs is 1. The molecule has 2 atom stereocenters. The van der Waals surface area contributed by atoms with Crippen LogP contribution in [-0.4, -0.2) is 25.8 Å². The lowest BCUT2D eigenvalue weighted by atomic mass is 10.1. The zero-order valence-electron chi connectivity index (χ0n) is 13.0. The Labute approximate surface area is 146 Å². The molecule has 2 N–H and O–H groups in total. The van der Waals surface area contributed by atoms with Crippen molar-refractivity contribution < 1.29 is 4.55 Å². The van der Waals surface area contributed by atoms with E-state index in [4.69, 9.17) is 11.6 Å². The van der Waals surface area contributed by atoms with E-state index in [1.54, 1.807) is 36.6 Å². The molecule has 0 fully saturated rings. The van der Waals surface area contributed by atoms with Gasteiger partial charge in [0.1, 0.15) is 6.26 Å². The van der Waals surface area contributed by atoms with Crippen LogP contribution in [0, 0.1) is 0 Å². The second-order valence-corrected chi connectivity index (χ2v) is 7.09. The Hall–Kier alpha value is -2.09. The molecule has 0 aliphatic carbocycles. The Morgan fingerprint density at radius 2 is 2.12 bits per heavy atom. The van der Waals surface area contributed by atoms with Gasteiger partial charge in [0.25, 0.3) is 5.56 Å². The number of benzene rings is 1. The molecule has 124 valence electrons. The van der Waals surface area contributed by atoms with E-state index in [-0.39, 0.29) is 11.6 Å². The Balaban J connectivity index is 1.93. The maximum atomic E-state index is 12.3. The third-order valence-corrected chi connectivity index (χ3v) is 4.62. The molecule has 8 heteroatoms. The molecule has 3 rings (SSSR count). The lowest BCUT2D eigenvalue weighted by Gasteiger charge is -2.14. The summed E-state index contributed by atoms with van der Waals surface area (Å²) >= 11 is 4.81. The number of aromatic nitrogens is 3. The van der Waals surface area contributed by atoms with Crippen LogP contribution in [0.15, 0.2) is 46.3 Å². The number of aromatic amines is 1. The fourth-order valence-corrected chi connectivity index (χ4v) is 3.01. The molecule has 0 aliphatic heterocycles. The number of nitrogens with zero attached hydrogens (tertiary/aromatic N) is 2. The number of halogens is 1. The number of hydrogen-bond donors (Lipinski definition) is 2. The van der Waals surface area contributed by atoms with Crippen LogP contribution in [-0.2, 0) is 11.2 Å². The first-order valence-electron chi connectivity index (χ1n) is 7.19. The molecule has 0 radical (unpaired) electrons. The highest BCUT2D eigenvalue weighted by Gasteiger charge is 2.14. The fraction of sp³-hybridized carbons (Fsp3) is 0.188. The van der Waals surface area contributed by atoms with Crippen molar-refractivity contribution in [2.24, 2.45) is 0 Å². The molecule has 24 heavy (non-hydrogen) atoms. The van der Waals surface area contributed by atoms with E-state index in [0.717, 1.165) is 10.9 Å². The summed E-state index contributed by atoms with van der Waals surface area (Å²) in [6.45, 7) is 1.83. The minimum absolute atomic E-state index is 0.194. The van der Waals surface area contributed by atoms with Gasteiger partial charge in [0.05, 0.1) is 6.04 Å². The fourth-order valence-electron chi connectivity index (χ4n) is 2.36. The van der Waals surface area contributed by atoms with Crippen LogP contribution >= 0.6 is 11.6 Å². The lowest BCUT2D eigenvalue weighted by Crippen LogP contribution is -2.20. The monoisotopic (exact) mass is 362 g/mol. The van der Waals surface area contributed by atoms with Gasteiger partial charge in [-0.05, 0) is 31.2 Å². The largest absolute Gasteiger partial charge is 0.610 e. The zero-order chi connectivity index (χ0) is 17.3. The zero-order valence-corrected chi connectivity index (χ0v) is 14.6. The Kier molecular flexibility index (Phi) is 4.75. The van der Waals surface area contributed by atoms with Crippen molar-refractivity contribution in [1.82, 2.24) is 15.0 Å². The highest BCUT2D eigenvalue weighted by atomic mass is 35.5. The maximum Gasteiger partial charge on any atom is 0.253 e. The van der Waals surface area contributed by atoms with Crippen LogP contribution in [0.4, 0.5) is 5.95 Å². The molecule has 6 nitrogen and oxygen atoms in total. The average molecular weight is 363 g/mol. The van der Waals surface area contributed by atoms with Crippen LogP contribution < -0.4 is 10.9 Å². The molecule has 0 saturated carbocycles. The van der Waals surface area contributed by atoms with E-state index in [9.17, 15) is 9.35 Å². The van der Waals surface area contributed by atoms with Gasteiger partial charge >= 0.3 is 0 Å². The SMILES string of the molecule is CC(Nc1nccc([S+](C)[O-])n1)c1cc2cc(Cl)ccc2[nH]c1=O. The van der Waals surface area contributed by atoms with Crippen molar-refractivity contribution in [3.05, 3.63) is 57.5 Å². The van der Waals surface area contributed by atoms with Gasteiger partial charge in [-0.2, -0.15) is 4.98 Å². The Morgan fingerprint density at radius 1 is 1.33 bits per heavy atom. The number of pyridine rings is 1. The minimum atomic E-state index is -1.20. The Morgan fingerprint density at radius 3 is 2.88 bits per heavy atom. The van der Waals surface area contributed by atoms with Crippen LogP contribution in [0.3, 0.4) is 0 Å².